The highest BCUT2D eigenvalue weighted by Gasteiger charge is 2.20. The van der Waals surface area contributed by atoms with Gasteiger partial charge in [-0.2, -0.15) is 0 Å². The molecule has 7 nitrogen and oxygen atoms in total. The summed E-state index contributed by atoms with van der Waals surface area (Å²) < 4.78 is 43.9. The van der Waals surface area contributed by atoms with Gasteiger partial charge in [-0.15, -0.1) is 0 Å². The van der Waals surface area contributed by atoms with Crippen molar-refractivity contribution in [3.05, 3.63) is 58.9 Å². The van der Waals surface area contributed by atoms with Crippen molar-refractivity contribution in [3.8, 4) is 0 Å². The lowest BCUT2D eigenvalue weighted by molar-refractivity contribution is -0.116. The summed E-state index contributed by atoms with van der Waals surface area (Å²) in [5, 5.41) is 2.82. The highest BCUT2D eigenvalue weighted by molar-refractivity contribution is 7.92. The summed E-state index contributed by atoms with van der Waals surface area (Å²) in [5.74, 6) is -1.67. The van der Waals surface area contributed by atoms with E-state index in [1.54, 1.807) is 6.92 Å². The van der Waals surface area contributed by atoms with Gasteiger partial charge in [0.2, 0.25) is 15.9 Å². The molecule has 2 rings (SSSR count). The number of rotatable bonds is 9. The fourth-order valence-corrected chi connectivity index (χ4v) is 3.85. The molecule has 0 aliphatic carbocycles. The molecule has 0 saturated carbocycles. The Hall–Kier alpha value is -2.65. The van der Waals surface area contributed by atoms with Crippen LogP contribution in [0, 0.1) is 5.82 Å². The molecule has 1 amide bonds. The number of carbonyl (C=O) groups excluding carboxylic acids is 2. The van der Waals surface area contributed by atoms with Crippen molar-refractivity contribution in [1.82, 2.24) is 0 Å². The van der Waals surface area contributed by atoms with Crippen molar-refractivity contribution in [2.45, 2.75) is 19.8 Å². The van der Waals surface area contributed by atoms with E-state index in [4.69, 9.17) is 16.3 Å². The van der Waals surface area contributed by atoms with Crippen LogP contribution in [0.3, 0.4) is 0 Å². The third kappa shape index (κ3) is 6.43. The largest absolute Gasteiger partial charge is 0.462 e. The van der Waals surface area contributed by atoms with Gasteiger partial charge in [-0.05, 0) is 43.7 Å². The van der Waals surface area contributed by atoms with E-state index in [-0.39, 0.29) is 42.3 Å². The number of benzene rings is 2. The SMILES string of the molecule is CCOC(=O)c1cc(NC(=O)CCCN(c2ccccc2F)S(C)(=O)=O)ccc1Cl. The molecule has 0 saturated heterocycles. The number of halogens is 2. The second kappa shape index (κ2) is 10.4. The third-order valence-electron chi connectivity index (χ3n) is 4.03. The van der Waals surface area contributed by atoms with Gasteiger partial charge < -0.3 is 10.1 Å². The van der Waals surface area contributed by atoms with Crippen LogP contribution in [0.1, 0.15) is 30.1 Å². The first kappa shape index (κ1) is 23.6. The minimum absolute atomic E-state index is 0.0160. The maximum Gasteiger partial charge on any atom is 0.339 e. The molecule has 2 aromatic carbocycles. The smallest absolute Gasteiger partial charge is 0.339 e. The van der Waals surface area contributed by atoms with E-state index < -0.39 is 27.7 Å². The maximum absolute atomic E-state index is 14.0. The molecule has 162 valence electrons. The van der Waals surface area contributed by atoms with Crippen LogP contribution < -0.4 is 9.62 Å². The minimum atomic E-state index is -3.73. The number of hydrogen-bond acceptors (Lipinski definition) is 5. The Morgan fingerprint density at radius 3 is 2.53 bits per heavy atom. The Morgan fingerprint density at radius 1 is 1.20 bits per heavy atom. The van der Waals surface area contributed by atoms with Gasteiger partial charge in [0.15, 0.2) is 0 Å². The van der Waals surface area contributed by atoms with E-state index in [9.17, 15) is 22.4 Å². The quantitative estimate of drug-likeness (QED) is 0.579. The summed E-state index contributed by atoms with van der Waals surface area (Å²) in [4.78, 5) is 24.1. The Balaban J connectivity index is 2.01. The molecule has 0 aliphatic rings. The Morgan fingerprint density at radius 2 is 1.90 bits per heavy atom. The number of para-hydroxylation sites is 1. The van der Waals surface area contributed by atoms with Crippen molar-refractivity contribution in [3.63, 3.8) is 0 Å². The summed E-state index contributed by atoms with van der Waals surface area (Å²) in [6.07, 6.45) is 1.12. The Kier molecular flexibility index (Phi) is 8.19. The molecular formula is C20H22ClFN2O5S. The average molecular weight is 457 g/mol. The number of esters is 1. The van der Waals surface area contributed by atoms with Crippen molar-refractivity contribution in [2.75, 3.05) is 29.0 Å². The number of nitrogens with one attached hydrogen (secondary N) is 1. The highest BCUT2D eigenvalue weighted by Crippen LogP contribution is 2.23. The fraction of sp³-hybridized carbons (Fsp3) is 0.300. The van der Waals surface area contributed by atoms with Crippen LogP contribution in [0.15, 0.2) is 42.5 Å². The fourth-order valence-electron chi connectivity index (χ4n) is 2.69. The number of hydrogen-bond donors (Lipinski definition) is 1. The number of carbonyl (C=O) groups is 2. The summed E-state index contributed by atoms with van der Waals surface area (Å²) >= 11 is 5.99. The molecule has 0 aliphatic heterocycles. The number of anilines is 2. The summed E-state index contributed by atoms with van der Waals surface area (Å²) in [6, 6.07) is 9.93. The molecule has 10 heteroatoms. The van der Waals surface area contributed by atoms with Crippen LogP contribution in [0.4, 0.5) is 15.8 Å². The van der Waals surface area contributed by atoms with Gasteiger partial charge in [0, 0.05) is 18.7 Å². The lowest BCUT2D eigenvalue weighted by Gasteiger charge is -2.22. The zero-order valence-electron chi connectivity index (χ0n) is 16.5. The van der Waals surface area contributed by atoms with Crippen molar-refractivity contribution in [1.29, 1.82) is 0 Å². The highest BCUT2D eigenvalue weighted by atomic mass is 35.5. The van der Waals surface area contributed by atoms with Crippen LogP contribution in [0.5, 0.6) is 0 Å². The number of ether oxygens (including phenoxy) is 1. The molecular weight excluding hydrogens is 435 g/mol. The first-order valence-electron chi connectivity index (χ1n) is 9.12. The molecule has 0 aromatic heterocycles. The molecule has 0 radical (unpaired) electrons. The van der Waals surface area contributed by atoms with Gasteiger partial charge in [-0.3, -0.25) is 9.10 Å². The molecule has 0 unspecified atom stereocenters. The molecule has 0 fully saturated rings. The molecule has 0 spiro atoms. The Bertz CT molecular complexity index is 1030. The zero-order valence-corrected chi connectivity index (χ0v) is 18.1. The van der Waals surface area contributed by atoms with Crippen LogP contribution in [-0.4, -0.2) is 39.7 Å². The molecule has 0 bridgehead atoms. The van der Waals surface area contributed by atoms with Crippen molar-refractivity contribution >= 4 is 44.9 Å². The number of sulfonamides is 1. The molecule has 0 heterocycles. The van der Waals surface area contributed by atoms with Crippen LogP contribution in [0.2, 0.25) is 5.02 Å². The van der Waals surface area contributed by atoms with E-state index in [0.29, 0.717) is 5.69 Å². The van der Waals surface area contributed by atoms with Gasteiger partial charge in [0.25, 0.3) is 0 Å². The van der Waals surface area contributed by atoms with E-state index in [2.05, 4.69) is 5.32 Å². The maximum atomic E-state index is 14.0. The third-order valence-corrected chi connectivity index (χ3v) is 5.54. The predicted octanol–water partition coefficient (Wildman–Crippen LogP) is 3.84. The minimum Gasteiger partial charge on any atom is -0.462 e. The molecule has 1 N–H and O–H groups in total. The van der Waals surface area contributed by atoms with Gasteiger partial charge >= 0.3 is 5.97 Å². The van der Waals surface area contributed by atoms with E-state index in [0.717, 1.165) is 10.6 Å². The van der Waals surface area contributed by atoms with Crippen LogP contribution in [0.25, 0.3) is 0 Å². The molecule has 2 aromatic rings. The van der Waals surface area contributed by atoms with Gasteiger partial charge in [-0.1, -0.05) is 23.7 Å². The average Bonchev–Trinajstić information content (AvgIpc) is 2.67. The van der Waals surface area contributed by atoms with E-state index in [1.807, 2.05) is 0 Å². The topological polar surface area (TPSA) is 92.8 Å². The normalized spacial score (nSPS) is 11.1. The summed E-state index contributed by atoms with van der Waals surface area (Å²) in [5.41, 5.74) is 0.401. The lowest BCUT2D eigenvalue weighted by Crippen LogP contribution is -2.32. The Labute approximate surface area is 179 Å². The first-order chi connectivity index (χ1) is 14.1. The molecule has 30 heavy (non-hydrogen) atoms. The monoisotopic (exact) mass is 456 g/mol. The van der Waals surface area contributed by atoms with E-state index in [1.165, 1.54) is 42.5 Å². The van der Waals surface area contributed by atoms with Crippen LogP contribution >= 0.6 is 11.6 Å². The zero-order chi connectivity index (χ0) is 22.3. The van der Waals surface area contributed by atoms with Gasteiger partial charge in [0.05, 0.1) is 29.1 Å². The standard InChI is InChI=1S/C20H22ClFN2O5S/c1-3-29-20(26)15-13-14(10-11-16(15)21)23-19(25)9-6-12-24(30(2,27)28)18-8-5-4-7-17(18)22/h4-5,7-8,10-11,13H,3,6,9,12H2,1-2H3,(H,23,25). The van der Waals surface area contributed by atoms with Crippen molar-refractivity contribution in [2.24, 2.45) is 0 Å². The summed E-state index contributed by atoms with van der Waals surface area (Å²) in [7, 11) is -3.73. The van der Waals surface area contributed by atoms with Gasteiger partial charge in [0.1, 0.15) is 5.82 Å². The first-order valence-corrected chi connectivity index (χ1v) is 11.3. The van der Waals surface area contributed by atoms with Crippen LogP contribution in [-0.2, 0) is 19.6 Å². The number of amides is 1. The second-order valence-electron chi connectivity index (χ2n) is 6.35. The second-order valence-corrected chi connectivity index (χ2v) is 8.67. The lowest BCUT2D eigenvalue weighted by atomic mass is 10.2. The number of nitrogens with zero attached hydrogens (tertiary/aromatic N) is 1. The molecule has 0 atom stereocenters. The predicted molar refractivity (Wildman–Crippen MR) is 114 cm³/mol. The van der Waals surface area contributed by atoms with Crippen molar-refractivity contribution < 1.29 is 27.1 Å². The van der Waals surface area contributed by atoms with Gasteiger partial charge in [-0.25, -0.2) is 17.6 Å². The summed E-state index contributed by atoms with van der Waals surface area (Å²) in [6.45, 7) is 1.78. The van der Waals surface area contributed by atoms with E-state index >= 15 is 0 Å².